The molecule has 3 aromatic carbocycles. The van der Waals surface area contributed by atoms with Crippen molar-refractivity contribution in [2.24, 2.45) is 5.10 Å². The number of fused-ring (bicyclic) bond motifs is 1. The lowest BCUT2D eigenvalue weighted by Crippen LogP contribution is -2.27. The molecule has 1 aliphatic rings. The zero-order chi connectivity index (χ0) is 22.2. The second-order valence-electron chi connectivity index (χ2n) is 7.83. The number of pyridine rings is 1. The number of carbonyl (C=O) groups is 1. The molecule has 1 aliphatic heterocycles. The Morgan fingerprint density at radius 2 is 1.72 bits per heavy atom. The Kier molecular flexibility index (Phi) is 5.41. The Balaban J connectivity index is 1.62. The Morgan fingerprint density at radius 3 is 2.50 bits per heavy atom. The van der Waals surface area contributed by atoms with E-state index in [1.165, 1.54) is 5.01 Å². The van der Waals surface area contributed by atoms with E-state index < -0.39 is 0 Å². The SMILES string of the molecule is Cc1ccc2cc([C@H]3CC(c4ccccc4)=NN3C(=O)c3ccccc3Cl)c(Cl)nc2c1. The topological polar surface area (TPSA) is 45.6 Å². The predicted molar refractivity (Wildman–Crippen MR) is 129 cm³/mol. The molecule has 0 aliphatic carbocycles. The molecule has 1 amide bonds. The number of nitrogens with zero attached hydrogens (tertiary/aromatic N) is 3. The van der Waals surface area contributed by atoms with Gasteiger partial charge >= 0.3 is 0 Å². The van der Waals surface area contributed by atoms with Gasteiger partial charge in [-0.3, -0.25) is 4.79 Å². The van der Waals surface area contributed by atoms with Crippen LogP contribution in [0.5, 0.6) is 0 Å². The van der Waals surface area contributed by atoms with Crippen LogP contribution >= 0.6 is 23.2 Å². The number of hydrazone groups is 1. The molecule has 4 nitrogen and oxygen atoms in total. The molecular formula is C26H19Cl2N3O. The molecule has 1 aromatic heterocycles. The maximum Gasteiger partial charge on any atom is 0.276 e. The number of aryl methyl sites for hydroxylation is 1. The van der Waals surface area contributed by atoms with Crippen LogP contribution < -0.4 is 0 Å². The summed E-state index contributed by atoms with van der Waals surface area (Å²) in [6.07, 6.45) is 0.527. The molecule has 32 heavy (non-hydrogen) atoms. The Bertz CT molecular complexity index is 1370. The van der Waals surface area contributed by atoms with Gasteiger partial charge in [0.2, 0.25) is 0 Å². The van der Waals surface area contributed by atoms with Crippen molar-refractivity contribution in [1.82, 2.24) is 9.99 Å². The summed E-state index contributed by atoms with van der Waals surface area (Å²) < 4.78 is 0. The number of hydrogen-bond acceptors (Lipinski definition) is 3. The van der Waals surface area contributed by atoms with E-state index in [0.29, 0.717) is 22.2 Å². The Labute approximate surface area is 196 Å². The first-order valence-corrected chi connectivity index (χ1v) is 11.0. The fourth-order valence-corrected chi connectivity index (χ4v) is 4.49. The van der Waals surface area contributed by atoms with Crippen LogP contribution in [0.15, 0.2) is 84.0 Å². The Hall–Kier alpha value is -3.21. The third-order valence-corrected chi connectivity index (χ3v) is 6.27. The molecule has 6 heteroatoms. The standard InChI is InChI=1S/C26H19Cl2N3O/c1-16-11-12-18-14-20(25(28)29-22(18)13-16)24-15-23(17-7-3-2-4-8-17)30-31(24)26(32)19-9-5-6-10-21(19)27/h2-14,24H,15H2,1H3/t24-/m1/s1. The van der Waals surface area contributed by atoms with Crippen LogP contribution in [0.2, 0.25) is 10.2 Å². The van der Waals surface area contributed by atoms with Crippen molar-refractivity contribution < 1.29 is 4.79 Å². The number of amides is 1. The summed E-state index contributed by atoms with van der Waals surface area (Å²) in [7, 11) is 0. The van der Waals surface area contributed by atoms with Crippen LogP contribution in [-0.4, -0.2) is 21.6 Å². The van der Waals surface area contributed by atoms with Gasteiger partial charge in [-0.2, -0.15) is 5.10 Å². The lowest BCUT2D eigenvalue weighted by atomic mass is 9.98. The van der Waals surface area contributed by atoms with Crippen molar-refractivity contribution in [2.45, 2.75) is 19.4 Å². The molecule has 158 valence electrons. The van der Waals surface area contributed by atoms with Crippen molar-refractivity contribution in [2.75, 3.05) is 0 Å². The van der Waals surface area contributed by atoms with Gasteiger partial charge in [0, 0.05) is 17.4 Å². The number of rotatable bonds is 3. The maximum atomic E-state index is 13.5. The third-order valence-electron chi connectivity index (χ3n) is 5.64. The third kappa shape index (κ3) is 3.77. The van der Waals surface area contributed by atoms with E-state index >= 15 is 0 Å². The normalized spacial score (nSPS) is 15.8. The molecule has 0 fully saturated rings. The largest absolute Gasteiger partial charge is 0.276 e. The molecule has 2 heterocycles. The van der Waals surface area contributed by atoms with Gasteiger partial charge in [-0.1, -0.05) is 77.8 Å². The zero-order valence-electron chi connectivity index (χ0n) is 17.3. The first kappa shape index (κ1) is 20.7. The predicted octanol–water partition coefficient (Wildman–Crippen LogP) is 6.84. The average Bonchev–Trinajstić information content (AvgIpc) is 3.24. The van der Waals surface area contributed by atoms with Crippen LogP contribution in [0, 0.1) is 6.92 Å². The van der Waals surface area contributed by atoms with Crippen LogP contribution in [0.3, 0.4) is 0 Å². The van der Waals surface area contributed by atoms with E-state index in [-0.39, 0.29) is 11.9 Å². The molecule has 5 rings (SSSR count). The lowest BCUT2D eigenvalue weighted by molar-refractivity contribution is 0.0711. The maximum absolute atomic E-state index is 13.5. The molecule has 0 radical (unpaired) electrons. The van der Waals surface area contributed by atoms with Crippen molar-refractivity contribution in [3.63, 3.8) is 0 Å². The van der Waals surface area contributed by atoms with Crippen LogP contribution in [0.25, 0.3) is 10.9 Å². The number of hydrogen-bond donors (Lipinski definition) is 0. The van der Waals surface area contributed by atoms with Gasteiger partial charge in [0.1, 0.15) is 5.15 Å². The first-order valence-electron chi connectivity index (χ1n) is 10.3. The van der Waals surface area contributed by atoms with Gasteiger partial charge in [0.15, 0.2) is 0 Å². The van der Waals surface area contributed by atoms with Crippen molar-refractivity contribution in [1.29, 1.82) is 0 Å². The zero-order valence-corrected chi connectivity index (χ0v) is 18.8. The van der Waals surface area contributed by atoms with Gasteiger partial charge in [-0.15, -0.1) is 0 Å². The monoisotopic (exact) mass is 459 g/mol. The molecule has 1 atom stereocenters. The molecular weight excluding hydrogens is 441 g/mol. The molecule has 0 unspecified atom stereocenters. The van der Waals surface area contributed by atoms with Gasteiger partial charge in [0.25, 0.3) is 5.91 Å². The number of benzene rings is 3. The molecule has 0 saturated heterocycles. The minimum atomic E-state index is -0.389. The highest BCUT2D eigenvalue weighted by molar-refractivity contribution is 6.34. The highest BCUT2D eigenvalue weighted by Crippen LogP contribution is 2.38. The Morgan fingerprint density at radius 1 is 0.969 bits per heavy atom. The fraction of sp³-hybridized carbons (Fsp3) is 0.115. The van der Waals surface area contributed by atoms with E-state index in [2.05, 4.69) is 4.98 Å². The summed E-state index contributed by atoms with van der Waals surface area (Å²) in [6, 6.07) is 24.5. The summed E-state index contributed by atoms with van der Waals surface area (Å²) in [5, 5.41) is 7.94. The van der Waals surface area contributed by atoms with E-state index in [9.17, 15) is 4.79 Å². The van der Waals surface area contributed by atoms with E-state index in [1.54, 1.807) is 24.3 Å². The number of carbonyl (C=O) groups excluding carboxylic acids is 1. The number of aromatic nitrogens is 1. The second kappa shape index (κ2) is 8.38. The molecule has 0 saturated carbocycles. The van der Waals surface area contributed by atoms with Gasteiger partial charge in [0.05, 0.1) is 27.9 Å². The molecule has 0 spiro atoms. The van der Waals surface area contributed by atoms with Crippen molar-refractivity contribution >= 4 is 45.7 Å². The minimum absolute atomic E-state index is 0.272. The summed E-state index contributed by atoms with van der Waals surface area (Å²) in [6.45, 7) is 2.02. The summed E-state index contributed by atoms with van der Waals surface area (Å²) in [5.74, 6) is -0.272. The summed E-state index contributed by atoms with van der Waals surface area (Å²) >= 11 is 13.0. The lowest BCUT2D eigenvalue weighted by Gasteiger charge is -2.23. The molecule has 0 bridgehead atoms. The van der Waals surface area contributed by atoms with Gasteiger partial charge in [-0.25, -0.2) is 9.99 Å². The fourth-order valence-electron chi connectivity index (χ4n) is 4.01. The van der Waals surface area contributed by atoms with E-state index in [1.807, 2.05) is 61.5 Å². The van der Waals surface area contributed by atoms with Crippen LogP contribution in [0.1, 0.15) is 39.5 Å². The van der Waals surface area contributed by atoms with Crippen LogP contribution in [-0.2, 0) is 0 Å². The average molecular weight is 460 g/mol. The van der Waals surface area contributed by atoms with Crippen molar-refractivity contribution in [3.05, 3.63) is 111 Å². The summed E-state index contributed by atoms with van der Waals surface area (Å²) in [4.78, 5) is 18.1. The molecule has 0 N–H and O–H groups in total. The highest BCUT2D eigenvalue weighted by atomic mass is 35.5. The van der Waals surface area contributed by atoms with Crippen molar-refractivity contribution in [3.8, 4) is 0 Å². The van der Waals surface area contributed by atoms with Gasteiger partial charge < -0.3 is 0 Å². The number of halogens is 2. The smallest absolute Gasteiger partial charge is 0.267 e. The van der Waals surface area contributed by atoms with Gasteiger partial charge in [-0.05, 0) is 42.3 Å². The van der Waals surface area contributed by atoms with E-state index in [4.69, 9.17) is 28.3 Å². The first-order chi connectivity index (χ1) is 15.5. The quantitative estimate of drug-likeness (QED) is 0.314. The highest BCUT2D eigenvalue weighted by Gasteiger charge is 2.36. The molecule has 4 aromatic rings. The second-order valence-corrected chi connectivity index (χ2v) is 8.59. The van der Waals surface area contributed by atoms with Crippen LogP contribution in [0.4, 0.5) is 0 Å². The minimum Gasteiger partial charge on any atom is -0.267 e. The summed E-state index contributed by atoms with van der Waals surface area (Å²) in [5.41, 5.74) is 4.88. The van der Waals surface area contributed by atoms with E-state index in [0.717, 1.165) is 33.3 Å².